The second-order valence-electron chi connectivity index (χ2n) is 7.60. The van der Waals surface area contributed by atoms with Gasteiger partial charge in [-0.25, -0.2) is 9.97 Å². The van der Waals surface area contributed by atoms with E-state index in [1.165, 1.54) is 5.69 Å². The van der Waals surface area contributed by atoms with Crippen LogP contribution in [0.1, 0.15) is 25.2 Å². The molecule has 5 heteroatoms. The Morgan fingerprint density at radius 2 is 1.27 bits per heavy atom. The third-order valence-corrected chi connectivity index (χ3v) is 5.57. The van der Waals surface area contributed by atoms with Gasteiger partial charge in [-0.15, -0.1) is 0 Å². The van der Waals surface area contributed by atoms with Gasteiger partial charge in [-0.05, 0) is 32.0 Å². The van der Waals surface area contributed by atoms with Crippen molar-refractivity contribution in [3.8, 4) is 22.5 Å². The van der Waals surface area contributed by atoms with E-state index in [4.69, 9.17) is 9.97 Å². The monoisotopic (exact) mass is 435 g/mol. The van der Waals surface area contributed by atoms with Gasteiger partial charge in [0.05, 0.1) is 11.4 Å². The molecule has 33 heavy (non-hydrogen) atoms. The summed E-state index contributed by atoms with van der Waals surface area (Å²) in [6, 6.07) is 30.8. The second-order valence-corrected chi connectivity index (χ2v) is 7.60. The Morgan fingerprint density at radius 3 is 1.73 bits per heavy atom. The smallest absolute Gasteiger partial charge is 0.181 e. The molecule has 5 nitrogen and oxygen atoms in total. The molecule has 1 heterocycles. The Balaban J connectivity index is 1.83. The molecule has 166 valence electrons. The lowest BCUT2D eigenvalue weighted by Crippen LogP contribution is -2.21. The summed E-state index contributed by atoms with van der Waals surface area (Å²) in [5.41, 5.74) is 9.61. The third kappa shape index (κ3) is 5.09. The molecule has 0 spiro atoms. The Labute approximate surface area is 195 Å². The van der Waals surface area contributed by atoms with Gasteiger partial charge in [0.25, 0.3) is 0 Å². The number of benzene rings is 3. The van der Waals surface area contributed by atoms with Crippen LogP contribution in [0.2, 0.25) is 0 Å². The summed E-state index contributed by atoms with van der Waals surface area (Å²) in [6.45, 7) is 6.27. The van der Waals surface area contributed by atoms with Gasteiger partial charge in [0, 0.05) is 42.5 Å². The zero-order chi connectivity index (χ0) is 23.0. The fourth-order valence-corrected chi connectivity index (χ4v) is 3.84. The van der Waals surface area contributed by atoms with Crippen molar-refractivity contribution in [3.63, 3.8) is 0 Å². The topological polar surface area (TPSA) is 53.4 Å². The number of nitrogens with zero attached hydrogens (tertiary/aromatic N) is 4. The average molecular weight is 436 g/mol. The van der Waals surface area contributed by atoms with Crippen molar-refractivity contribution in [2.45, 2.75) is 13.8 Å². The van der Waals surface area contributed by atoms with Gasteiger partial charge in [0.1, 0.15) is 5.71 Å². The summed E-state index contributed by atoms with van der Waals surface area (Å²) < 4.78 is 0. The van der Waals surface area contributed by atoms with Gasteiger partial charge < -0.3 is 10.3 Å². The van der Waals surface area contributed by atoms with Crippen molar-refractivity contribution in [3.05, 3.63) is 102 Å². The molecule has 0 fully saturated rings. The lowest BCUT2D eigenvalue weighted by Gasteiger charge is -2.21. The molecule has 3 aromatic carbocycles. The number of hydrogen-bond acceptors (Lipinski definition) is 5. The molecule has 0 aliphatic rings. The van der Waals surface area contributed by atoms with Crippen LogP contribution in [0.15, 0.2) is 96.1 Å². The number of hydrogen-bond donors (Lipinski definition) is 1. The molecule has 0 saturated carbocycles. The highest BCUT2D eigenvalue weighted by molar-refractivity contribution is 6.11. The van der Waals surface area contributed by atoms with Crippen molar-refractivity contribution in [2.75, 3.05) is 25.0 Å². The van der Waals surface area contributed by atoms with Crippen LogP contribution in [0.3, 0.4) is 0 Å². The minimum absolute atomic E-state index is 0.583. The Hall–Kier alpha value is -3.99. The molecular weight excluding hydrogens is 406 g/mol. The van der Waals surface area contributed by atoms with E-state index in [1.807, 2.05) is 42.5 Å². The molecule has 1 N–H and O–H groups in total. The zero-order valence-corrected chi connectivity index (χ0v) is 19.4. The van der Waals surface area contributed by atoms with E-state index in [0.29, 0.717) is 11.5 Å². The van der Waals surface area contributed by atoms with Crippen molar-refractivity contribution in [1.29, 1.82) is 0 Å². The first-order chi connectivity index (χ1) is 16.2. The van der Waals surface area contributed by atoms with Gasteiger partial charge in [0.15, 0.2) is 5.82 Å². The minimum Gasteiger partial charge on any atom is -0.372 e. The van der Waals surface area contributed by atoms with Crippen molar-refractivity contribution in [1.82, 2.24) is 15.4 Å². The first-order valence-electron chi connectivity index (χ1n) is 11.3. The zero-order valence-electron chi connectivity index (χ0n) is 19.4. The minimum atomic E-state index is 0.583. The molecule has 0 saturated heterocycles. The van der Waals surface area contributed by atoms with E-state index < -0.39 is 0 Å². The molecule has 0 aliphatic carbocycles. The summed E-state index contributed by atoms with van der Waals surface area (Å²) in [7, 11) is 1.80. The van der Waals surface area contributed by atoms with Gasteiger partial charge in [-0.2, -0.15) is 5.10 Å². The quantitative estimate of drug-likeness (QED) is 0.288. The molecule has 0 radical (unpaired) electrons. The van der Waals surface area contributed by atoms with E-state index in [9.17, 15) is 0 Å². The number of anilines is 1. The summed E-state index contributed by atoms with van der Waals surface area (Å²) in [5.74, 6) is 0.583. The summed E-state index contributed by atoms with van der Waals surface area (Å²) in [4.78, 5) is 12.2. The van der Waals surface area contributed by atoms with Crippen LogP contribution in [0, 0.1) is 0 Å². The summed E-state index contributed by atoms with van der Waals surface area (Å²) in [6.07, 6.45) is 0. The van der Waals surface area contributed by atoms with Gasteiger partial charge in [-0.3, -0.25) is 0 Å². The van der Waals surface area contributed by atoms with Crippen LogP contribution < -0.4 is 10.3 Å². The molecule has 4 rings (SSSR count). The highest BCUT2D eigenvalue weighted by atomic mass is 15.3. The first-order valence-corrected chi connectivity index (χ1v) is 11.3. The lowest BCUT2D eigenvalue weighted by molar-refractivity contribution is 0.866. The third-order valence-electron chi connectivity index (χ3n) is 5.57. The van der Waals surface area contributed by atoms with Crippen LogP contribution in [-0.2, 0) is 0 Å². The Morgan fingerprint density at radius 1 is 0.758 bits per heavy atom. The maximum absolute atomic E-state index is 4.92. The maximum atomic E-state index is 4.92. The normalized spacial score (nSPS) is 11.3. The van der Waals surface area contributed by atoms with Crippen molar-refractivity contribution >= 4 is 11.4 Å². The van der Waals surface area contributed by atoms with Crippen LogP contribution in [0.4, 0.5) is 5.69 Å². The highest BCUT2D eigenvalue weighted by Gasteiger charge is 2.16. The SMILES string of the molecule is CCN(CC)c1ccc(/C(=N\NC)c2nc(-c3ccccc3)cc(-c3ccccc3)n2)cc1. The largest absolute Gasteiger partial charge is 0.372 e. The van der Waals surface area contributed by atoms with E-state index >= 15 is 0 Å². The average Bonchev–Trinajstić information content (AvgIpc) is 2.89. The van der Waals surface area contributed by atoms with Crippen LogP contribution >= 0.6 is 0 Å². The molecule has 0 aliphatic heterocycles. The lowest BCUT2D eigenvalue weighted by atomic mass is 10.1. The Kier molecular flexibility index (Phi) is 7.10. The van der Waals surface area contributed by atoms with Gasteiger partial charge >= 0.3 is 0 Å². The second kappa shape index (κ2) is 10.6. The van der Waals surface area contributed by atoms with Crippen molar-refractivity contribution < 1.29 is 0 Å². The van der Waals surface area contributed by atoms with Crippen LogP contribution in [0.25, 0.3) is 22.5 Å². The molecule has 0 bridgehead atoms. The number of hydrazone groups is 1. The van der Waals surface area contributed by atoms with E-state index in [0.717, 1.165) is 41.2 Å². The fourth-order valence-electron chi connectivity index (χ4n) is 3.84. The number of rotatable bonds is 8. The molecule has 0 amide bonds. The van der Waals surface area contributed by atoms with Gasteiger partial charge in [-0.1, -0.05) is 72.8 Å². The van der Waals surface area contributed by atoms with Crippen molar-refractivity contribution in [2.24, 2.45) is 5.10 Å². The predicted molar refractivity (Wildman–Crippen MR) is 138 cm³/mol. The van der Waals surface area contributed by atoms with Crippen LogP contribution in [0.5, 0.6) is 0 Å². The molecule has 0 unspecified atom stereocenters. The fraction of sp³-hybridized carbons (Fsp3) is 0.179. The molecule has 4 aromatic rings. The number of nitrogens with one attached hydrogen (secondary N) is 1. The van der Waals surface area contributed by atoms with E-state index in [1.54, 1.807) is 7.05 Å². The number of aromatic nitrogens is 2. The standard InChI is InChI=1S/C28H29N5/c1-4-33(5-2)24-18-16-23(17-19-24)27(32-29-3)28-30-25(21-12-8-6-9-13-21)20-26(31-28)22-14-10-7-11-15-22/h6-20,29H,4-5H2,1-3H3/b32-27+. The van der Waals surface area contributed by atoms with Crippen LogP contribution in [-0.4, -0.2) is 35.8 Å². The Bertz CT molecular complexity index is 1140. The molecular formula is C28H29N5. The first kappa shape index (κ1) is 22.2. The predicted octanol–water partition coefficient (Wildman–Crippen LogP) is 5.63. The highest BCUT2D eigenvalue weighted by Crippen LogP contribution is 2.25. The van der Waals surface area contributed by atoms with E-state index in [-0.39, 0.29) is 0 Å². The van der Waals surface area contributed by atoms with Gasteiger partial charge in [0.2, 0.25) is 0 Å². The molecule has 1 aromatic heterocycles. The molecule has 0 atom stereocenters. The summed E-state index contributed by atoms with van der Waals surface area (Å²) in [5, 5.41) is 4.58. The van der Waals surface area contributed by atoms with E-state index in [2.05, 4.69) is 77.8 Å². The maximum Gasteiger partial charge on any atom is 0.181 e. The summed E-state index contributed by atoms with van der Waals surface area (Å²) >= 11 is 0.